The Morgan fingerprint density at radius 3 is 2.13 bits per heavy atom. The van der Waals surface area contributed by atoms with E-state index in [4.69, 9.17) is 46.4 Å². The lowest BCUT2D eigenvalue weighted by molar-refractivity contribution is 0.104. The number of alkyl halides is 3. The van der Waals surface area contributed by atoms with Crippen molar-refractivity contribution in [2.45, 2.75) is 3.79 Å². The zero-order valence-corrected chi connectivity index (χ0v) is 10.4. The van der Waals surface area contributed by atoms with Crippen molar-refractivity contribution >= 4 is 52.2 Å². The van der Waals surface area contributed by atoms with Crippen molar-refractivity contribution in [1.29, 1.82) is 0 Å². The van der Waals surface area contributed by atoms with Crippen LogP contribution in [-0.4, -0.2) is 9.58 Å². The molecule has 0 unspecified atom stereocenters. The molecule has 1 nitrogen and oxygen atoms in total. The summed E-state index contributed by atoms with van der Waals surface area (Å²) >= 11 is 22.1. The Bertz CT molecular complexity index is 375. The van der Waals surface area contributed by atoms with E-state index in [1.165, 1.54) is 12.2 Å². The molecule has 0 amide bonds. The molecule has 0 N–H and O–H groups in total. The van der Waals surface area contributed by atoms with E-state index >= 15 is 0 Å². The van der Waals surface area contributed by atoms with Crippen LogP contribution in [0.2, 0.25) is 5.02 Å². The summed E-state index contributed by atoms with van der Waals surface area (Å²) in [5, 5.41) is 0.567. The topological polar surface area (TPSA) is 17.1 Å². The minimum atomic E-state index is -1.55. The molecule has 1 aromatic carbocycles. The van der Waals surface area contributed by atoms with Gasteiger partial charge in [-0.2, -0.15) is 0 Å². The summed E-state index contributed by atoms with van der Waals surface area (Å²) < 4.78 is -1.55. The van der Waals surface area contributed by atoms with Gasteiger partial charge in [0.25, 0.3) is 0 Å². The molecule has 5 heteroatoms. The van der Waals surface area contributed by atoms with Crippen molar-refractivity contribution in [3.8, 4) is 0 Å². The fourth-order valence-corrected chi connectivity index (χ4v) is 1.20. The minimum absolute atomic E-state index is 0.238. The van der Waals surface area contributed by atoms with E-state index in [1.54, 1.807) is 24.3 Å². The first kappa shape index (κ1) is 12.9. The van der Waals surface area contributed by atoms with Gasteiger partial charge in [0, 0.05) is 10.6 Å². The van der Waals surface area contributed by atoms with Gasteiger partial charge < -0.3 is 0 Å². The fourth-order valence-electron chi connectivity index (χ4n) is 0.881. The quantitative estimate of drug-likeness (QED) is 0.445. The molecule has 1 aromatic rings. The third-order valence-electron chi connectivity index (χ3n) is 1.55. The average Bonchev–Trinajstić information content (AvgIpc) is 2.14. The molecular weight excluding hydrogens is 278 g/mol. The highest BCUT2D eigenvalue weighted by Crippen LogP contribution is 2.27. The standard InChI is InChI=1S/C10H6Cl4O/c11-8-3-1-7(2-4-8)9(15)5-6-10(12,13)14/h1-6H. The molecule has 0 saturated heterocycles. The fraction of sp³-hybridized carbons (Fsp3) is 0.100. The number of halogens is 4. The van der Waals surface area contributed by atoms with Crippen molar-refractivity contribution < 1.29 is 4.79 Å². The Morgan fingerprint density at radius 1 is 1.13 bits per heavy atom. The first-order valence-corrected chi connectivity index (χ1v) is 5.45. The highest BCUT2D eigenvalue weighted by atomic mass is 35.6. The Labute approximate surface area is 108 Å². The van der Waals surface area contributed by atoms with Crippen molar-refractivity contribution in [2.24, 2.45) is 0 Å². The lowest BCUT2D eigenvalue weighted by Gasteiger charge is -2.02. The van der Waals surface area contributed by atoms with Crippen LogP contribution in [0.25, 0.3) is 0 Å². The van der Waals surface area contributed by atoms with Crippen LogP contribution in [0.1, 0.15) is 10.4 Å². The van der Waals surface area contributed by atoms with Crippen LogP contribution in [0.3, 0.4) is 0 Å². The highest BCUT2D eigenvalue weighted by molar-refractivity contribution is 6.69. The minimum Gasteiger partial charge on any atom is -0.289 e. The number of carbonyl (C=O) groups is 1. The Hall–Kier alpha value is -0.210. The van der Waals surface area contributed by atoms with Gasteiger partial charge in [0.2, 0.25) is 3.79 Å². The number of hydrogen-bond acceptors (Lipinski definition) is 1. The highest BCUT2D eigenvalue weighted by Gasteiger charge is 2.14. The Balaban J connectivity index is 2.78. The van der Waals surface area contributed by atoms with Crippen LogP contribution in [0.4, 0.5) is 0 Å². The maximum atomic E-state index is 11.5. The molecule has 0 bridgehead atoms. The number of carbonyl (C=O) groups excluding carboxylic acids is 1. The second-order valence-electron chi connectivity index (χ2n) is 2.75. The molecule has 0 aliphatic carbocycles. The molecule has 0 atom stereocenters. The van der Waals surface area contributed by atoms with Crippen LogP contribution in [0, 0.1) is 0 Å². The van der Waals surface area contributed by atoms with E-state index in [0.29, 0.717) is 10.6 Å². The molecule has 1 rings (SSSR count). The molecule has 0 spiro atoms. The van der Waals surface area contributed by atoms with E-state index in [0.717, 1.165) is 0 Å². The lowest BCUT2D eigenvalue weighted by Crippen LogP contribution is -1.99. The smallest absolute Gasteiger partial charge is 0.209 e. The first-order chi connectivity index (χ1) is 6.88. The van der Waals surface area contributed by atoms with Gasteiger partial charge in [-0.25, -0.2) is 0 Å². The summed E-state index contributed by atoms with van der Waals surface area (Å²) in [7, 11) is 0. The number of allylic oxidation sites excluding steroid dienone is 2. The van der Waals surface area contributed by atoms with Crippen LogP contribution in [0.15, 0.2) is 36.4 Å². The molecule has 0 aromatic heterocycles. The summed E-state index contributed by atoms with van der Waals surface area (Å²) in [4.78, 5) is 11.5. The van der Waals surface area contributed by atoms with Crippen molar-refractivity contribution in [1.82, 2.24) is 0 Å². The second kappa shape index (κ2) is 5.22. The van der Waals surface area contributed by atoms with Gasteiger partial charge in [-0.05, 0) is 36.4 Å². The monoisotopic (exact) mass is 282 g/mol. The van der Waals surface area contributed by atoms with Crippen molar-refractivity contribution in [3.63, 3.8) is 0 Å². The molecular formula is C10H6Cl4O. The van der Waals surface area contributed by atoms with E-state index in [-0.39, 0.29) is 5.78 Å². The van der Waals surface area contributed by atoms with Gasteiger partial charge in [0.1, 0.15) is 0 Å². The molecule has 0 saturated carbocycles. The number of ketones is 1. The summed E-state index contributed by atoms with van der Waals surface area (Å²) in [6.45, 7) is 0. The van der Waals surface area contributed by atoms with E-state index < -0.39 is 3.79 Å². The maximum Gasteiger partial charge on any atom is 0.209 e. The predicted molar refractivity (Wildman–Crippen MR) is 65.2 cm³/mol. The van der Waals surface area contributed by atoms with Gasteiger partial charge in [0.15, 0.2) is 5.78 Å². The van der Waals surface area contributed by atoms with Gasteiger partial charge >= 0.3 is 0 Å². The van der Waals surface area contributed by atoms with Gasteiger partial charge in [-0.15, -0.1) is 0 Å². The number of rotatable bonds is 2. The third-order valence-corrected chi connectivity index (χ3v) is 2.18. The normalized spacial score (nSPS) is 12.0. The molecule has 0 radical (unpaired) electrons. The molecule has 0 aliphatic heterocycles. The average molecular weight is 284 g/mol. The summed E-state index contributed by atoms with van der Waals surface area (Å²) in [6, 6.07) is 6.46. The van der Waals surface area contributed by atoms with E-state index in [1.807, 2.05) is 0 Å². The zero-order chi connectivity index (χ0) is 11.5. The second-order valence-corrected chi connectivity index (χ2v) is 5.55. The van der Waals surface area contributed by atoms with Gasteiger partial charge in [-0.3, -0.25) is 4.79 Å². The molecule has 0 aliphatic rings. The number of hydrogen-bond donors (Lipinski definition) is 0. The summed E-state index contributed by atoms with van der Waals surface area (Å²) in [6.07, 6.45) is 2.42. The van der Waals surface area contributed by atoms with Crippen LogP contribution in [-0.2, 0) is 0 Å². The third kappa shape index (κ3) is 4.89. The molecule has 80 valence electrons. The van der Waals surface area contributed by atoms with E-state index in [9.17, 15) is 4.79 Å². The van der Waals surface area contributed by atoms with Crippen LogP contribution < -0.4 is 0 Å². The van der Waals surface area contributed by atoms with Gasteiger partial charge in [-0.1, -0.05) is 46.4 Å². The lowest BCUT2D eigenvalue weighted by atomic mass is 10.1. The molecule has 0 heterocycles. The number of benzene rings is 1. The summed E-state index contributed by atoms with van der Waals surface area (Å²) in [5.74, 6) is -0.238. The van der Waals surface area contributed by atoms with Crippen molar-refractivity contribution in [3.05, 3.63) is 47.0 Å². The largest absolute Gasteiger partial charge is 0.289 e. The Morgan fingerprint density at radius 2 is 1.67 bits per heavy atom. The van der Waals surface area contributed by atoms with Gasteiger partial charge in [0.05, 0.1) is 0 Å². The SMILES string of the molecule is O=C(C=CC(Cl)(Cl)Cl)c1ccc(Cl)cc1. The van der Waals surface area contributed by atoms with Crippen molar-refractivity contribution in [2.75, 3.05) is 0 Å². The first-order valence-electron chi connectivity index (χ1n) is 3.94. The Kier molecular flexibility index (Phi) is 4.47. The molecule has 15 heavy (non-hydrogen) atoms. The maximum absolute atomic E-state index is 11.5. The molecule has 0 fully saturated rings. The van der Waals surface area contributed by atoms with E-state index in [2.05, 4.69) is 0 Å². The van der Waals surface area contributed by atoms with Crippen LogP contribution in [0.5, 0.6) is 0 Å². The van der Waals surface area contributed by atoms with Crippen LogP contribution >= 0.6 is 46.4 Å². The predicted octanol–water partition coefficient (Wildman–Crippen LogP) is 4.45. The summed E-state index contributed by atoms with van der Waals surface area (Å²) in [5.41, 5.74) is 0.491. The zero-order valence-electron chi connectivity index (χ0n) is 7.38.